The Balaban J connectivity index is 1.93. The molecule has 1 aromatic heterocycles. The third-order valence-corrected chi connectivity index (χ3v) is 3.53. The van der Waals surface area contributed by atoms with Gasteiger partial charge in [-0.05, 0) is 59.6 Å². The lowest BCUT2D eigenvalue weighted by Crippen LogP contribution is -2.36. The van der Waals surface area contributed by atoms with Gasteiger partial charge in [-0.2, -0.15) is 5.10 Å². The topological polar surface area (TPSA) is 29.9 Å². The number of unbranched alkanes of at least 4 members (excludes halogenated alkanes) is 1. The van der Waals surface area contributed by atoms with Gasteiger partial charge in [0.1, 0.15) is 0 Å². The number of nitrogens with zero attached hydrogens (tertiary/aromatic N) is 2. The summed E-state index contributed by atoms with van der Waals surface area (Å²) in [5.74, 6) is 0. The summed E-state index contributed by atoms with van der Waals surface area (Å²) in [4.78, 5) is 0. The summed E-state index contributed by atoms with van der Waals surface area (Å²) in [7, 11) is 0. The molecule has 0 aliphatic carbocycles. The van der Waals surface area contributed by atoms with Gasteiger partial charge in [-0.25, -0.2) is 0 Å². The first-order valence-electron chi connectivity index (χ1n) is 7.71. The van der Waals surface area contributed by atoms with E-state index >= 15 is 0 Å². The average Bonchev–Trinajstić information content (AvgIpc) is 2.76. The molecular weight excluding hydrogens is 246 g/mol. The predicted octanol–water partition coefficient (Wildman–Crippen LogP) is 3.77. The van der Waals surface area contributed by atoms with Crippen LogP contribution in [-0.2, 0) is 13.0 Å². The van der Waals surface area contributed by atoms with Crippen molar-refractivity contribution < 1.29 is 0 Å². The van der Waals surface area contributed by atoms with Crippen LogP contribution in [0.15, 0.2) is 24.3 Å². The fourth-order valence-corrected chi connectivity index (χ4v) is 2.50. The zero-order valence-electron chi connectivity index (χ0n) is 13.2. The van der Waals surface area contributed by atoms with Crippen molar-refractivity contribution in [3.8, 4) is 0 Å². The molecule has 20 heavy (non-hydrogen) atoms. The van der Waals surface area contributed by atoms with E-state index < -0.39 is 0 Å². The Hall–Kier alpha value is -1.35. The van der Waals surface area contributed by atoms with Gasteiger partial charge in [-0.15, -0.1) is 0 Å². The zero-order chi connectivity index (χ0) is 14.6. The summed E-state index contributed by atoms with van der Waals surface area (Å²) >= 11 is 0. The highest BCUT2D eigenvalue weighted by molar-refractivity contribution is 5.81. The van der Waals surface area contributed by atoms with E-state index in [4.69, 9.17) is 5.10 Å². The predicted molar refractivity (Wildman–Crippen MR) is 86.1 cm³/mol. The maximum absolute atomic E-state index is 4.75. The first-order valence-corrected chi connectivity index (χ1v) is 7.71. The molecule has 0 saturated heterocycles. The minimum Gasteiger partial charge on any atom is -0.312 e. The number of para-hydroxylation sites is 1. The number of benzene rings is 1. The molecule has 1 aromatic carbocycles. The fraction of sp³-hybridized carbons (Fsp3) is 0.588. The summed E-state index contributed by atoms with van der Waals surface area (Å²) in [5.41, 5.74) is 2.73. The van der Waals surface area contributed by atoms with Crippen molar-refractivity contribution in [3.63, 3.8) is 0 Å². The monoisotopic (exact) mass is 273 g/mol. The minimum atomic E-state index is 0.219. The molecule has 0 amide bonds. The maximum atomic E-state index is 4.75. The van der Waals surface area contributed by atoms with E-state index in [1.165, 1.54) is 29.4 Å². The van der Waals surface area contributed by atoms with E-state index in [0.717, 1.165) is 19.5 Å². The highest BCUT2D eigenvalue weighted by Crippen LogP contribution is 2.19. The second-order valence-electron chi connectivity index (χ2n) is 6.41. The third-order valence-electron chi connectivity index (χ3n) is 3.53. The lowest BCUT2D eigenvalue weighted by molar-refractivity contribution is 0.418. The van der Waals surface area contributed by atoms with Crippen molar-refractivity contribution in [2.24, 2.45) is 0 Å². The van der Waals surface area contributed by atoms with Crippen molar-refractivity contribution in [2.75, 3.05) is 6.54 Å². The van der Waals surface area contributed by atoms with Crippen LogP contribution in [0.4, 0.5) is 0 Å². The van der Waals surface area contributed by atoms with Crippen molar-refractivity contribution in [1.82, 2.24) is 15.1 Å². The summed E-state index contributed by atoms with van der Waals surface area (Å²) in [6, 6.07) is 8.55. The number of aromatic nitrogens is 2. The number of hydrogen-bond acceptors (Lipinski definition) is 2. The summed E-state index contributed by atoms with van der Waals surface area (Å²) < 4.78 is 2.11. The number of hydrogen-bond donors (Lipinski definition) is 1. The Morgan fingerprint density at radius 3 is 2.60 bits per heavy atom. The van der Waals surface area contributed by atoms with Crippen LogP contribution in [0.5, 0.6) is 0 Å². The molecular formula is C17H27N3. The number of rotatable bonds is 6. The molecule has 1 heterocycles. The van der Waals surface area contributed by atoms with Crippen LogP contribution in [0.3, 0.4) is 0 Å². The highest BCUT2D eigenvalue weighted by atomic mass is 15.3. The van der Waals surface area contributed by atoms with Crippen LogP contribution in [0.2, 0.25) is 0 Å². The van der Waals surface area contributed by atoms with Crippen LogP contribution in [-0.4, -0.2) is 21.9 Å². The van der Waals surface area contributed by atoms with Gasteiger partial charge < -0.3 is 5.32 Å². The quantitative estimate of drug-likeness (QED) is 0.812. The first kappa shape index (κ1) is 15.0. The van der Waals surface area contributed by atoms with Gasteiger partial charge in [-0.3, -0.25) is 4.68 Å². The molecule has 3 heteroatoms. The molecule has 0 radical (unpaired) electrons. The molecule has 2 aromatic rings. The molecule has 0 unspecified atom stereocenters. The van der Waals surface area contributed by atoms with Crippen molar-refractivity contribution >= 4 is 10.9 Å². The molecule has 2 rings (SSSR count). The van der Waals surface area contributed by atoms with Gasteiger partial charge in [0, 0.05) is 17.5 Å². The second-order valence-corrected chi connectivity index (χ2v) is 6.41. The van der Waals surface area contributed by atoms with Crippen LogP contribution >= 0.6 is 0 Å². The fourth-order valence-electron chi connectivity index (χ4n) is 2.50. The van der Waals surface area contributed by atoms with Gasteiger partial charge in [0.2, 0.25) is 0 Å². The lowest BCUT2D eigenvalue weighted by atomic mass is 10.1. The SMILES string of the molecule is CCn1nc(CCCCNC(C)(C)C)c2ccccc21. The molecule has 0 aliphatic heterocycles. The highest BCUT2D eigenvalue weighted by Gasteiger charge is 2.10. The molecule has 0 fully saturated rings. The van der Waals surface area contributed by atoms with Gasteiger partial charge in [0.25, 0.3) is 0 Å². The molecule has 0 aliphatic rings. The normalized spacial score (nSPS) is 12.2. The number of fused-ring (bicyclic) bond motifs is 1. The van der Waals surface area contributed by atoms with Gasteiger partial charge in [-0.1, -0.05) is 18.2 Å². The molecule has 0 saturated carbocycles. The van der Waals surface area contributed by atoms with Gasteiger partial charge in [0.05, 0.1) is 11.2 Å². The Kier molecular flexibility index (Phi) is 4.81. The summed E-state index contributed by atoms with van der Waals surface area (Å²) in [5, 5.41) is 9.60. The second kappa shape index (κ2) is 6.40. The summed E-state index contributed by atoms with van der Waals surface area (Å²) in [6.45, 7) is 10.8. The minimum absolute atomic E-state index is 0.219. The first-order chi connectivity index (χ1) is 9.51. The van der Waals surface area contributed by atoms with Crippen LogP contribution in [0, 0.1) is 0 Å². The Morgan fingerprint density at radius 2 is 1.90 bits per heavy atom. The molecule has 1 N–H and O–H groups in total. The molecule has 3 nitrogen and oxygen atoms in total. The standard InChI is InChI=1S/C17H27N3/c1-5-20-16-12-7-6-10-14(16)15(19-20)11-8-9-13-18-17(2,3)4/h6-7,10,12,18H,5,8-9,11,13H2,1-4H3. The van der Waals surface area contributed by atoms with Crippen LogP contribution in [0.1, 0.15) is 46.2 Å². The summed E-state index contributed by atoms with van der Waals surface area (Å²) in [6.07, 6.45) is 3.46. The third kappa shape index (κ3) is 3.83. The van der Waals surface area contributed by atoms with E-state index in [1.807, 2.05) is 0 Å². The van der Waals surface area contributed by atoms with E-state index in [0.29, 0.717) is 0 Å². The Morgan fingerprint density at radius 1 is 1.15 bits per heavy atom. The van der Waals surface area contributed by atoms with Gasteiger partial charge in [0.15, 0.2) is 0 Å². The van der Waals surface area contributed by atoms with E-state index in [-0.39, 0.29) is 5.54 Å². The molecule has 0 spiro atoms. The van der Waals surface area contributed by atoms with Crippen molar-refractivity contribution in [2.45, 2.75) is 59.0 Å². The molecule has 110 valence electrons. The van der Waals surface area contributed by atoms with Crippen molar-refractivity contribution in [3.05, 3.63) is 30.0 Å². The average molecular weight is 273 g/mol. The smallest absolute Gasteiger partial charge is 0.0703 e. The number of nitrogens with one attached hydrogen (secondary N) is 1. The number of aryl methyl sites for hydroxylation is 2. The zero-order valence-corrected chi connectivity index (χ0v) is 13.2. The molecule has 0 atom stereocenters. The Labute approximate surface area is 122 Å². The Bertz CT molecular complexity index is 549. The van der Waals surface area contributed by atoms with E-state index in [1.54, 1.807) is 0 Å². The van der Waals surface area contributed by atoms with Crippen LogP contribution < -0.4 is 5.32 Å². The lowest BCUT2D eigenvalue weighted by Gasteiger charge is -2.20. The maximum Gasteiger partial charge on any atom is 0.0703 e. The molecule has 0 bridgehead atoms. The largest absolute Gasteiger partial charge is 0.312 e. The van der Waals surface area contributed by atoms with Crippen molar-refractivity contribution in [1.29, 1.82) is 0 Å². The van der Waals surface area contributed by atoms with E-state index in [2.05, 4.69) is 62.0 Å². The van der Waals surface area contributed by atoms with E-state index in [9.17, 15) is 0 Å². The van der Waals surface area contributed by atoms with Crippen LogP contribution in [0.25, 0.3) is 10.9 Å². The van der Waals surface area contributed by atoms with Gasteiger partial charge >= 0.3 is 0 Å².